The molecule has 32 heavy (non-hydrogen) atoms. The maximum absolute atomic E-state index is 10.5. The van der Waals surface area contributed by atoms with Crippen LogP contribution in [0.25, 0.3) is 0 Å². The van der Waals surface area contributed by atoms with Crippen molar-refractivity contribution in [3.63, 3.8) is 0 Å². The van der Waals surface area contributed by atoms with Gasteiger partial charge >= 0.3 is 0 Å². The Morgan fingerprint density at radius 3 is 2.38 bits per heavy atom. The van der Waals surface area contributed by atoms with Crippen LogP contribution in [-0.4, -0.2) is 65.9 Å². The summed E-state index contributed by atoms with van der Waals surface area (Å²) in [6.45, 7) is 5.17. The Kier molecular flexibility index (Phi) is 8.64. The Labute approximate surface area is 193 Å². The quantitative estimate of drug-likeness (QED) is 0.520. The van der Waals surface area contributed by atoms with E-state index in [9.17, 15) is 15.3 Å². The van der Waals surface area contributed by atoms with Crippen molar-refractivity contribution in [2.45, 2.75) is 51.0 Å². The van der Waals surface area contributed by atoms with Crippen molar-refractivity contribution < 1.29 is 29.5 Å². The van der Waals surface area contributed by atoms with E-state index in [0.717, 1.165) is 17.7 Å². The predicted octanol–water partition coefficient (Wildman–Crippen LogP) is 3.11. The number of hydrogen-bond donors (Lipinski definition) is 3. The number of aliphatic hydroxyl groups excluding tert-OH is 3. The zero-order valence-corrected chi connectivity index (χ0v) is 19.2. The van der Waals surface area contributed by atoms with Crippen molar-refractivity contribution in [3.8, 4) is 5.75 Å². The number of halogens is 1. The van der Waals surface area contributed by atoms with Crippen LogP contribution < -0.4 is 4.74 Å². The van der Waals surface area contributed by atoms with Crippen LogP contribution >= 0.6 is 11.6 Å². The fourth-order valence-electron chi connectivity index (χ4n) is 3.65. The minimum atomic E-state index is -1.42. The van der Waals surface area contributed by atoms with E-state index in [1.165, 1.54) is 7.11 Å². The highest BCUT2D eigenvalue weighted by molar-refractivity contribution is 6.35. The van der Waals surface area contributed by atoms with Gasteiger partial charge in [0.2, 0.25) is 0 Å². The number of methoxy groups -OCH3 is 1. The van der Waals surface area contributed by atoms with Crippen LogP contribution in [0.2, 0.25) is 5.02 Å². The van der Waals surface area contributed by atoms with Crippen LogP contribution in [0.5, 0.6) is 5.75 Å². The minimum Gasteiger partial charge on any atom is -0.494 e. The molecule has 0 amide bonds. The van der Waals surface area contributed by atoms with Gasteiger partial charge < -0.3 is 29.5 Å². The molecule has 0 saturated carbocycles. The highest BCUT2D eigenvalue weighted by Gasteiger charge is 2.44. The van der Waals surface area contributed by atoms with Crippen molar-refractivity contribution >= 4 is 17.3 Å². The Hall–Kier alpha value is -2.00. The number of nitrogens with zero attached hydrogens (tertiary/aromatic N) is 1. The number of hydrogen-bond acceptors (Lipinski definition) is 7. The summed E-state index contributed by atoms with van der Waals surface area (Å²) in [6.07, 6.45) is -5.24. The Morgan fingerprint density at radius 1 is 1.03 bits per heavy atom. The number of aliphatic hydroxyl groups is 3. The lowest BCUT2D eigenvalue weighted by molar-refractivity contribution is -0.292. The summed E-state index contributed by atoms with van der Waals surface area (Å²) in [5, 5.41) is 31.3. The SMILES string of the molecule is CCCN=C(c1ccc(OCC)cc1)c1cc(C2OC(OC)C(O)C(O)C2O)ccc1Cl. The van der Waals surface area contributed by atoms with Gasteiger partial charge in [-0.2, -0.15) is 0 Å². The largest absolute Gasteiger partial charge is 0.494 e. The third-order valence-electron chi connectivity index (χ3n) is 5.31. The highest BCUT2D eigenvalue weighted by atomic mass is 35.5. The summed E-state index contributed by atoms with van der Waals surface area (Å²) in [4.78, 5) is 4.76. The van der Waals surface area contributed by atoms with Crippen molar-refractivity contribution in [3.05, 3.63) is 64.2 Å². The first-order valence-corrected chi connectivity index (χ1v) is 11.1. The molecule has 7 nitrogen and oxygen atoms in total. The van der Waals surface area contributed by atoms with E-state index in [1.807, 2.05) is 38.1 Å². The second-order valence-electron chi connectivity index (χ2n) is 7.56. The highest BCUT2D eigenvalue weighted by Crippen LogP contribution is 2.35. The van der Waals surface area contributed by atoms with E-state index in [2.05, 4.69) is 0 Å². The maximum atomic E-state index is 10.5. The normalized spacial score (nSPS) is 26.2. The lowest BCUT2D eigenvalue weighted by Crippen LogP contribution is -2.54. The smallest absolute Gasteiger partial charge is 0.186 e. The van der Waals surface area contributed by atoms with E-state index in [4.69, 9.17) is 30.8 Å². The molecular weight excluding hydrogens is 434 g/mol. The van der Waals surface area contributed by atoms with Crippen molar-refractivity contribution in [2.75, 3.05) is 20.3 Å². The molecule has 0 spiro atoms. The number of aliphatic imine (C=N–C) groups is 1. The summed E-state index contributed by atoms with van der Waals surface area (Å²) >= 11 is 6.56. The second-order valence-corrected chi connectivity index (χ2v) is 7.97. The van der Waals surface area contributed by atoms with E-state index in [1.54, 1.807) is 18.2 Å². The van der Waals surface area contributed by atoms with Crippen LogP contribution in [0.15, 0.2) is 47.5 Å². The predicted molar refractivity (Wildman–Crippen MR) is 123 cm³/mol. The van der Waals surface area contributed by atoms with Gasteiger partial charge in [-0.05, 0) is 55.3 Å². The molecular formula is C24H30ClNO6. The van der Waals surface area contributed by atoms with Gasteiger partial charge in [-0.25, -0.2) is 0 Å². The average molecular weight is 464 g/mol. The molecule has 0 aromatic heterocycles. The third kappa shape index (κ3) is 5.31. The summed E-state index contributed by atoms with van der Waals surface area (Å²) in [7, 11) is 1.37. The number of ether oxygens (including phenoxy) is 3. The summed E-state index contributed by atoms with van der Waals surface area (Å²) < 4.78 is 16.4. The monoisotopic (exact) mass is 463 g/mol. The molecule has 0 aliphatic carbocycles. The zero-order chi connectivity index (χ0) is 23.3. The minimum absolute atomic E-state index is 0.492. The van der Waals surface area contributed by atoms with E-state index in [-0.39, 0.29) is 0 Å². The molecule has 3 rings (SSSR count). The van der Waals surface area contributed by atoms with Gasteiger partial charge in [-0.3, -0.25) is 4.99 Å². The van der Waals surface area contributed by atoms with Crippen LogP contribution in [0.1, 0.15) is 43.1 Å². The molecule has 1 saturated heterocycles. The Balaban J connectivity index is 2.01. The van der Waals surface area contributed by atoms with Crippen LogP contribution in [0, 0.1) is 0 Å². The Morgan fingerprint density at radius 2 is 1.75 bits per heavy atom. The topological polar surface area (TPSA) is 101 Å². The fourth-order valence-corrected chi connectivity index (χ4v) is 3.86. The van der Waals surface area contributed by atoms with E-state index in [0.29, 0.717) is 35.0 Å². The molecule has 8 heteroatoms. The van der Waals surface area contributed by atoms with Gasteiger partial charge in [0.25, 0.3) is 0 Å². The van der Waals surface area contributed by atoms with Gasteiger partial charge in [0.1, 0.15) is 30.2 Å². The molecule has 1 fully saturated rings. The first-order valence-electron chi connectivity index (χ1n) is 10.7. The maximum Gasteiger partial charge on any atom is 0.186 e. The van der Waals surface area contributed by atoms with Crippen molar-refractivity contribution in [2.24, 2.45) is 4.99 Å². The standard InChI is InChI=1S/C24H30ClNO6/c1-4-12-26-19(14-6-9-16(10-7-14)31-5-2)17-13-15(8-11-18(17)25)23-21(28)20(27)22(29)24(30-3)32-23/h6-11,13,20-24,27-29H,4-5,12H2,1-3H3. The first kappa shape index (κ1) is 24.6. The first-order chi connectivity index (χ1) is 15.4. The molecule has 2 aromatic rings. The molecule has 1 aliphatic rings. The Bertz CT molecular complexity index is 917. The van der Waals surface area contributed by atoms with Crippen LogP contribution in [-0.2, 0) is 9.47 Å². The third-order valence-corrected chi connectivity index (χ3v) is 5.64. The van der Waals surface area contributed by atoms with Gasteiger partial charge in [-0.1, -0.05) is 24.6 Å². The zero-order valence-electron chi connectivity index (χ0n) is 18.4. The summed E-state index contributed by atoms with van der Waals surface area (Å²) in [5.41, 5.74) is 2.83. The average Bonchev–Trinajstić information content (AvgIpc) is 2.80. The molecule has 2 aromatic carbocycles. The lowest BCUT2D eigenvalue weighted by Gasteiger charge is -2.40. The number of benzene rings is 2. The van der Waals surface area contributed by atoms with Gasteiger partial charge in [0, 0.05) is 29.8 Å². The van der Waals surface area contributed by atoms with E-state index >= 15 is 0 Å². The van der Waals surface area contributed by atoms with Crippen LogP contribution in [0.4, 0.5) is 0 Å². The molecule has 3 N–H and O–H groups in total. The summed E-state index contributed by atoms with van der Waals surface area (Å²) in [5.74, 6) is 0.766. The molecule has 5 atom stereocenters. The molecule has 174 valence electrons. The second kappa shape index (κ2) is 11.2. The molecule has 1 aliphatic heterocycles. The van der Waals surface area contributed by atoms with Crippen molar-refractivity contribution in [1.82, 2.24) is 0 Å². The number of rotatable bonds is 8. The van der Waals surface area contributed by atoms with Crippen LogP contribution in [0.3, 0.4) is 0 Å². The van der Waals surface area contributed by atoms with Crippen molar-refractivity contribution in [1.29, 1.82) is 0 Å². The van der Waals surface area contributed by atoms with E-state index < -0.39 is 30.7 Å². The van der Waals surface area contributed by atoms with Gasteiger partial charge in [-0.15, -0.1) is 0 Å². The fraction of sp³-hybridized carbons (Fsp3) is 0.458. The molecule has 0 bridgehead atoms. The van der Waals surface area contributed by atoms with Gasteiger partial charge in [0.15, 0.2) is 6.29 Å². The lowest BCUT2D eigenvalue weighted by atomic mass is 9.91. The van der Waals surface area contributed by atoms with Gasteiger partial charge in [0.05, 0.1) is 12.3 Å². The molecule has 5 unspecified atom stereocenters. The molecule has 0 radical (unpaired) electrons. The summed E-state index contributed by atoms with van der Waals surface area (Å²) in [6, 6.07) is 12.8. The molecule has 1 heterocycles.